The molecule has 0 radical (unpaired) electrons. The van der Waals surface area contributed by atoms with Crippen molar-refractivity contribution in [1.82, 2.24) is 4.57 Å². The quantitative estimate of drug-likeness (QED) is 0.177. The number of fused-ring (bicyclic) bond motifs is 12. The van der Waals surface area contributed by atoms with Crippen molar-refractivity contribution in [2.24, 2.45) is 9.98 Å². The molecule has 14 rings (SSSR count). The van der Waals surface area contributed by atoms with E-state index < -0.39 is 0 Å². The van der Waals surface area contributed by atoms with Crippen LogP contribution in [-0.2, 0) is 0 Å². The molecule has 5 nitrogen and oxygen atoms in total. The number of allylic oxidation sites excluding steroid dienone is 1. The highest BCUT2D eigenvalue weighted by Gasteiger charge is 2.27. The Balaban J connectivity index is 1.08. The number of hydrogen-bond donors (Lipinski definition) is 0. The summed E-state index contributed by atoms with van der Waals surface area (Å²) in [6.45, 7) is 2.20. The Morgan fingerprint density at radius 1 is 0.415 bits per heavy atom. The van der Waals surface area contributed by atoms with Gasteiger partial charge in [0.15, 0.2) is 11.4 Å². The van der Waals surface area contributed by atoms with Gasteiger partial charge in [0.1, 0.15) is 16.7 Å². The molecule has 0 saturated heterocycles. The average molecular weight is 832 g/mol. The summed E-state index contributed by atoms with van der Waals surface area (Å²) in [7, 11) is 0. The van der Waals surface area contributed by atoms with E-state index in [-0.39, 0.29) is 0 Å². The van der Waals surface area contributed by atoms with Crippen molar-refractivity contribution in [2.45, 2.75) is 13.3 Å². The van der Waals surface area contributed by atoms with E-state index in [0.717, 1.165) is 94.3 Å². The summed E-state index contributed by atoms with van der Waals surface area (Å²) in [5.41, 5.74) is 12.3. The lowest BCUT2D eigenvalue weighted by Gasteiger charge is -2.17. The van der Waals surface area contributed by atoms with E-state index in [1.54, 1.807) is 0 Å². The molecule has 0 unspecified atom stereocenters. The van der Waals surface area contributed by atoms with Crippen LogP contribution in [0.15, 0.2) is 219 Å². The third-order valence-electron chi connectivity index (χ3n) is 13.5. The Hall–Kier alpha value is -8.54. The fraction of sp³-hybridized carbons (Fsp3) is 0.0333. The van der Waals surface area contributed by atoms with Crippen LogP contribution in [0.4, 0.5) is 0 Å². The van der Waals surface area contributed by atoms with E-state index in [2.05, 4.69) is 187 Å². The zero-order valence-corrected chi connectivity index (χ0v) is 35.3. The molecule has 0 aliphatic carbocycles. The molecule has 304 valence electrons. The minimum Gasteiger partial charge on any atom is -0.456 e. The second-order valence-corrected chi connectivity index (χ2v) is 17.4. The molecule has 1 aliphatic heterocycles. The number of hydrogen-bond acceptors (Lipinski definition) is 4. The number of aliphatic imine (C=N–C) groups is 2. The molecule has 10 aromatic carbocycles. The highest BCUT2D eigenvalue weighted by atomic mass is 16.3. The molecule has 1 aliphatic rings. The fourth-order valence-corrected chi connectivity index (χ4v) is 10.4. The van der Waals surface area contributed by atoms with Crippen molar-refractivity contribution < 1.29 is 8.83 Å². The van der Waals surface area contributed by atoms with Gasteiger partial charge in [0.25, 0.3) is 0 Å². The van der Waals surface area contributed by atoms with Crippen molar-refractivity contribution in [1.29, 1.82) is 0 Å². The molecule has 0 bridgehead atoms. The van der Waals surface area contributed by atoms with Gasteiger partial charge in [0, 0.05) is 55.4 Å². The van der Waals surface area contributed by atoms with Crippen LogP contribution in [-0.4, -0.2) is 16.1 Å². The standard InChI is InChI=1S/C60H37N3O2/c1-35-28-51(61-60(62-57(35)42-23-22-36-12-2-3-13-37(36)29-42)43-24-25-46-44-18-8-10-20-54(44)64-56(46)34-43)48-27-26-47-45-19-9-11-21-55(45)65-59(47)58(48)63-52-32-40-16-6-4-14-38(40)30-49(52)50-31-39-15-5-7-17-41(39)33-53(50)63/h2-27,29-34H,28H2,1H3. The van der Waals surface area contributed by atoms with Crippen molar-refractivity contribution in [3.05, 3.63) is 216 Å². The van der Waals surface area contributed by atoms with Gasteiger partial charge in [0.2, 0.25) is 0 Å². The third-order valence-corrected chi connectivity index (χ3v) is 13.5. The Kier molecular flexibility index (Phi) is 7.60. The van der Waals surface area contributed by atoms with Crippen LogP contribution < -0.4 is 0 Å². The molecule has 0 N–H and O–H groups in total. The van der Waals surface area contributed by atoms with Gasteiger partial charge in [-0.15, -0.1) is 0 Å². The van der Waals surface area contributed by atoms with Gasteiger partial charge in [-0.3, -0.25) is 0 Å². The molecule has 0 spiro atoms. The van der Waals surface area contributed by atoms with Crippen LogP contribution in [0.3, 0.4) is 0 Å². The largest absolute Gasteiger partial charge is 0.456 e. The zero-order valence-electron chi connectivity index (χ0n) is 35.3. The van der Waals surface area contributed by atoms with E-state index in [9.17, 15) is 0 Å². The average Bonchev–Trinajstić information content (AvgIpc) is 3.97. The minimum absolute atomic E-state index is 0.559. The highest BCUT2D eigenvalue weighted by Crippen LogP contribution is 2.43. The molecular weight excluding hydrogens is 795 g/mol. The fourth-order valence-electron chi connectivity index (χ4n) is 10.4. The van der Waals surface area contributed by atoms with Crippen molar-refractivity contribution in [2.75, 3.05) is 0 Å². The lowest BCUT2D eigenvalue weighted by molar-refractivity contribution is 0.666. The zero-order chi connectivity index (χ0) is 42.8. The minimum atomic E-state index is 0.559. The first-order valence-corrected chi connectivity index (χ1v) is 22.2. The number of amidine groups is 1. The third kappa shape index (κ3) is 5.52. The molecule has 0 atom stereocenters. The Labute approximate surface area is 372 Å². The van der Waals surface area contributed by atoms with E-state index in [1.165, 1.54) is 43.1 Å². The van der Waals surface area contributed by atoms with Gasteiger partial charge in [-0.2, -0.15) is 0 Å². The predicted molar refractivity (Wildman–Crippen MR) is 271 cm³/mol. The number of aromatic nitrogens is 1. The summed E-state index contributed by atoms with van der Waals surface area (Å²) in [6, 6.07) is 69.2. The summed E-state index contributed by atoms with van der Waals surface area (Å²) in [5, 5.41) is 13.8. The smallest absolute Gasteiger partial charge is 0.160 e. The summed E-state index contributed by atoms with van der Waals surface area (Å²) >= 11 is 0. The SMILES string of the molecule is CC1=C(c2ccc3ccccc3c2)N=C(c2ccc3c(c2)oc2ccccc23)N=C(c2ccc3c(oc4ccccc43)c2-n2c3cc4ccccc4cc3c3cc4ccccc4cc32)C1. The molecule has 5 heteroatoms. The van der Waals surface area contributed by atoms with Crippen LogP contribution in [0.1, 0.15) is 30.0 Å². The molecule has 65 heavy (non-hydrogen) atoms. The molecule has 0 saturated carbocycles. The number of furan rings is 2. The van der Waals surface area contributed by atoms with Gasteiger partial charge in [-0.05, 0) is 105 Å². The van der Waals surface area contributed by atoms with Gasteiger partial charge in [-0.25, -0.2) is 9.98 Å². The second kappa shape index (κ2) is 13.7. The normalized spacial score (nSPS) is 13.7. The lowest BCUT2D eigenvalue weighted by Crippen LogP contribution is -2.10. The van der Waals surface area contributed by atoms with Crippen LogP contribution >= 0.6 is 0 Å². The molecule has 0 fully saturated rings. The molecule has 13 aromatic rings. The first-order chi connectivity index (χ1) is 32.1. The maximum atomic E-state index is 7.06. The molecule has 4 heterocycles. The predicted octanol–water partition coefficient (Wildman–Crippen LogP) is 16.1. The van der Waals surface area contributed by atoms with Gasteiger partial charge in [-0.1, -0.05) is 133 Å². The summed E-state index contributed by atoms with van der Waals surface area (Å²) in [5.74, 6) is 0.622. The van der Waals surface area contributed by atoms with Gasteiger partial charge in [0.05, 0.1) is 28.1 Å². The second-order valence-electron chi connectivity index (χ2n) is 17.4. The lowest BCUT2D eigenvalue weighted by atomic mass is 9.96. The van der Waals surface area contributed by atoms with Crippen LogP contribution in [0.2, 0.25) is 0 Å². The highest BCUT2D eigenvalue weighted by molar-refractivity contribution is 6.23. The van der Waals surface area contributed by atoms with Crippen LogP contribution in [0, 0.1) is 0 Å². The van der Waals surface area contributed by atoms with Crippen molar-refractivity contribution in [3.63, 3.8) is 0 Å². The topological polar surface area (TPSA) is 55.9 Å². The van der Waals surface area contributed by atoms with Crippen LogP contribution in [0.5, 0.6) is 0 Å². The number of nitrogens with zero attached hydrogens (tertiary/aromatic N) is 3. The maximum absolute atomic E-state index is 7.06. The number of benzene rings is 10. The first kappa shape index (κ1) is 36.0. The Morgan fingerprint density at radius 3 is 1.65 bits per heavy atom. The Bertz CT molecular complexity index is 4190. The van der Waals surface area contributed by atoms with Crippen molar-refractivity contribution in [3.8, 4) is 5.69 Å². The molecule has 0 amide bonds. The maximum Gasteiger partial charge on any atom is 0.160 e. The molecule has 3 aromatic heterocycles. The number of para-hydroxylation sites is 2. The number of rotatable bonds is 4. The summed E-state index contributed by atoms with van der Waals surface area (Å²) in [4.78, 5) is 11.2. The van der Waals surface area contributed by atoms with Crippen LogP contribution in [0.25, 0.3) is 109 Å². The monoisotopic (exact) mass is 831 g/mol. The summed E-state index contributed by atoms with van der Waals surface area (Å²) < 4.78 is 16.0. The molecular formula is C60H37N3O2. The van der Waals surface area contributed by atoms with E-state index in [4.69, 9.17) is 18.8 Å². The summed E-state index contributed by atoms with van der Waals surface area (Å²) in [6.07, 6.45) is 0.559. The van der Waals surface area contributed by atoms with Gasteiger partial charge >= 0.3 is 0 Å². The Morgan fingerprint density at radius 2 is 0.954 bits per heavy atom. The van der Waals surface area contributed by atoms with E-state index >= 15 is 0 Å². The first-order valence-electron chi connectivity index (χ1n) is 22.2. The van der Waals surface area contributed by atoms with E-state index in [0.29, 0.717) is 12.3 Å². The van der Waals surface area contributed by atoms with E-state index in [1.807, 2.05) is 18.2 Å². The van der Waals surface area contributed by atoms with Gasteiger partial charge < -0.3 is 13.4 Å². The van der Waals surface area contributed by atoms with Crippen molar-refractivity contribution >= 4 is 115 Å².